The summed E-state index contributed by atoms with van der Waals surface area (Å²) in [7, 11) is 4.07. The van der Waals surface area contributed by atoms with Crippen LogP contribution in [0.3, 0.4) is 0 Å². The van der Waals surface area contributed by atoms with Crippen molar-refractivity contribution in [1.29, 1.82) is 0 Å². The molecule has 0 spiro atoms. The molecule has 3 rings (SSSR count). The van der Waals surface area contributed by atoms with Crippen molar-refractivity contribution >= 4 is 11.6 Å². The second-order valence-electron chi connectivity index (χ2n) is 6.21. The Kier molecular flexibility index (Phi) is 5.36. The number of rotatable bonds is 5. The molecule has 1 atom stereocenters. The molecule has 1 unspecified atom stereocenters. The maximum atomic E-state index is 6.56. The van der Waals surface area contributed by atoms with Gasteiger partial charge in [-0.1, -0.05) is 48.4 Å². The fourth-order valence-electron chi connectivity index (χ4n) is 3.51. The molecule has 1 aliphatic rings. The van der Waals surface area contributed by atoms with Gasteiger partial charge >= 0.3 is 0 Å². The van der Waals surface area contributed by atoms with E-state index in [2.05, 4.69) is 38.9 Å². The third-order valence-electron chi connectivity index (χ3n) is 4.67. The van der Waals surface area contributed by atoms with Gasteiger partial charge < -0.3 is 9.88 Å². The Morgan fingerprint density at radius 2 is 1.87 bits per heavy atom. The van der Waals surface area contributed by atoms with Crippen LogP contribution in [0.15, 0.2) is 30.3 Å². The summed E-state index contributed by atoms with van der Waals surface area (Å²) in [5.74, 6) is 0.934. The minimum Gasteiger partial charge on any atom is -0.328 e. The van der Waals surface area contributed by atoms with Gasteiger partial charge in [-0.2, -0.15) is 0 Å². The molecule has 4 nitrogen and oxygen atoms in total. The van der Waals surface area contributed by atoms with E-state index in [4.69, 9.17) is 11.6 Å². The second kappa shape index (κ2) is 7.47. The Morgan fingerprint density at radius 3 is 2.52 bits per heavy atom. The average molecular weight is 333 g/mol. The molecule has 124 valence electrons. The van der Waals surface area contributed by atoms with Crippen molar-refractivity contribution in [2.45, 2.75) is 25.3 Å². The van der Waals surface area contributed by atoms with Gasteiger partial charge in [-0.3, -0.25) is 4.90 Å². The predicted molar refractivity (Wildman–Crippen MR) is 95.7 cm³/mol. The quantitative estimate of drug-likeness (QED) is 0.910. The van der Waals surface area contributed by atoms with Crippen LogP contribution < -0.4 is 5.32 Å². The van der Waals surface area contributed by atoms with Crippen LogP contribution in [0.5, 0.6) is 0 Å². The molecule has 0 bridgehead atoms. The molecular weight excluding hydrogens is 308 g/mol. The van der Waals surface area contributed by atoms with E-state index in [0.717, 1.165) is 36.7 Å². The van der Waals surface area contributed by atoms with Crippen molar-refractivity contribution in [1.82, 2.24) is 19.8 Å². The first kappa shape index (κ1) is 16.5. The first-order valence-corrected chi connectivity index (χ1v) is 8.76. The number of likely N-dealkylation sites (N-methyl/N-ethyl adjacent to an activating group) is 1. The number of hydrogen-bond acceptors (Lipinski definition) is 3. The van der Waals surface area contributed by atoms with Gasteiger partial charge in [0.2, 0.25) is 0 Å². The minimum absolute atomic E-state index is 0.266. The Hall–Kier alpha value is -1.36. The van der Waals surface area contributed by atoms with Crippen molar-refractivity contribution < 1.29 is 0 Å². The molecule has 23 heavy (non-hydrogen) atoms. The van der Waals surface area contributed by atoms with E-state index < -0.39 is 0 Å². The molecule has 1 N–H and O–H groups in total. The average Bonchev–Trinajstić information content (AvgIpc) is 2.89. The molecule has 1 aromatic heterocycles. The lowest BCUT2D eigenvalue weighted by Crippen LogP contribution is -2.39. The lowest BCUT2D eigenvalue weighted by atomic mass is 10.1. The summed E-state index contributed by atoms with van der Waals surface area (Å²) in [5, 5.41) is 3.95. The molecule has 2 heterocycles. The van der Waals surface area contributed by atoms with Crippen LogP contribution in [-0.2, 0) is 7.05 Å². The number of benzene rings is 1. The van der Waals surface area contributed by atoms with Crippen LogP contribution in [0.2, 0.25) is 5.15 Å². The van der Waals surface area contributed by atoms with Gasteiger partial charge in [0.05, 0.1) is 11.7 Å². The van der Waals surface area contributed by atoms with Gasteiger partial charge in [-0.05, 0) is 33.0 Å². The number of nitrogens with one attached hydrogen (secondary N) is 1. The zero-order valence-electron chi connectivity index (χ0n) is 13.9. The van der Waals surface area contributed by atoms with Crippen LogP contribution >= 0.6 is 11.6 Å². The highest BCUT2D eigenvalue weighted by molar-refractivity contribution is 6.30. The zero-order chi connectivity index (χ0) is 16.2. The minimum atomic E-state index is 0.266. The maximum absolute atomic E-state index is 6.56. The van der Waals surface area contributed by atoms with E-state index in [0.29, 0.717) is 5.15 Å². The molecular formula is C18H25ClN4. The van der Waals surface area contributed by atoms with E-state index in [1.165, 1.54) is 19.3 Å². The predicted octanol–water partition coefficient (Wildman–Crippen LogP) is 3.49. The number of halogens is 1. The summed E-state index contributed by atoms with van der Waals surface area (Å²) in [4.78, 5) is 7.19. The Morgan fingerprint density at radius 1 is 1.17 bits per heavy atom. The Bertz CT molecular complexity index is 632. The van der Waals surface area contributed by atoms with Crippen LogP contribution in [-0.4, -0.2) is 41.1 Å². The van der Waals surface area contributed by atoms with Crippen molar-refractivity contribution in [2.24, 2.45) is 7.05 Å². The highest BCUT2D eigenvalue weighted by atomic mass is 35.5. The lowest BCUT2D eigenvalue weighted by molar-refractivity contribution is 0.157. The number of nitrogens with zero attached hydrogens (tertiary/aromatic N) is 3. The number of likely N-dealkylation sites (tertiary alicyclic amines) is 1. The summed E-state index contributed by atoms with van der Waals surface area (Å²) < 4.78 is 2.16. The Labute approximate surface area is 143 Å². The summed E-state index contributed by atoms with van der Waals surface area (Å²) in [6, 6.07) is 10.5. The fraction of sp³-hybridized carbons (Fsp3) is 0.500. The van der Waals surface area contributed by atoms with E-state index in [-0.39, 0.29) is 6.04 Å². The number of hydrogen-bond donors (Lipinski definition) is 1. The second-order valence-corrected chi connectivity index (χ2v) is 6.56. The third-order valence-corrected chi connectivity index (χ3v) is 4.95. The molecule has 1 saturated heterocycles. The van der Waals surface area contributed by atoms with Gasteiger partial charge in [0.25, 0.3) is 0 Å². The van der Waals surface area contributed by atoms with Crippen LogP contribution in [0.25, 0.3) is 11.4 Å². The largest absolute Gasteiger partial charge is 0.328 e. The zero-order valence-corrected chi connectivity index (χ0v) is 14.7. The first-order valence-electron chi connectivity index (χ1n) is 8.38. The lowest BCUT2D eigenvalue weighted by Gasteiger charge is -2.34. The van der Waals surface area contributed by atoms with Gasteiger partial charge in [0.15, 0.2) is 5.15 Å². The topological polar surface area (TPSA) is 33.1 Å². The number of aromatic nitrogens is 2. The highest BCUT2D eigenvalue weighted by Crippen LogP contribution is 2.32. The van der Waals surface area contributed by atoms with Crippen LogP contribution in [0.4, 0.5) is 0 Å². The molecule has 0 saturated carbocycles. The fourth-order valence-corrected chi connectivity index (χ4v) is 3.84. The summed E-state index contributed by atoms with van der Waals surface area (Å²) in [5.41, 5.74) is 2.21. The number of imidazole rings is 1. The third kappa shape index (κ3) is 3.44. The molecule has 0 aliphatic carbocycles. The van der Waals surface area contributed by atoms with E-state index in [1.807, 2.05) is 25.2 Å². The van der Waals surface area contributed by atoms with Gasteiger partial charge in [0, 0.05) is 19.2 Å². The monoisotopic (exact) mass is 332 g/mol. The Balaban J connectivity index is 1.98. The maximum Gasteiger partial charge on any atom is 0.152 e. The summed E-state index contributed by atoms with van der Waals surface area (Å²) >= 11 is 6.56. The molecule has 5 heteroatoms. The van der Waals surface area contributed by atoms with Crippen molar-refractivity contribution in [3.63, 3.8) is 0 Å². The molecule has 2 aromatic rings. The highest BCUT2D eigenvalue weighted by Gasteiger charge is 2.28. The normalized spacial score (nSPS) is 17.3. The van der Waals surface area contributed by atoms with Crippen LogP contribution in [0, 0.1) is 0 Å². The van der Waals surface area contributed by atoms with Gasteiger partial charge in [-0.25, -0.2) is 4.98 Å². The van der Waals surface area contributed by atoms with E-state index >= 15 is 0 Å². The van der Waals surface area contributed by atoms with Crippen molar-refractivity contribution in [3.8, 4) is 11.4 Å². The van der Waals surface area contributed by atoms with E-state index in [9.17, 15) is 0 Å². The summed E-state index contributed by atoms with van der Waals surface area (Å²) in [6.07, 6.45) is 3.86. The van der Waals surface area contributed by atoms with Gasteiger partial charge in [0.1, 0.15) is 5.82 Å². The SMILES string of the molecule is CNCC(c1c(Cl)nc(-c2ccccc2)n1C)N1CCCCC1. The smallest absolute Gasteiger partial charge is 0.152 e. The molecule has 1 aliphatic heterocycles. The molecule has 0 radical (unpaired) electrons. The van der Waals surface area contributed by atoms with Crippen molar-refractivity contribution in [3.05, 3.63) is 41.2 Å². The molecule has 0 amide bonds. The standard InChI is InChI=1S/C18H25ClN4/c1-20-13-15(23-11-7-4-8-12-23)16-17(19)21-18(22(16)2)14-9-5-3-6-10-14/h3,5-6,9-10,15,20H,4,7-8,11-13H2,1-2H3. The number of piperidine rings is 1. The molecule has 1 fully saturated rings. The van der Waals surface area contributed by atoms with E-state index in [1.54, 1.807) is 0 Å². The first-order chi connectivity index (χ1) is 11.2. The van der Waals surface area contributed by atoms with Gasteiger partial charge in [-0.15, -0.1) is 0 Å². The van der Waals surface area contributed by atoms with Crippen molar-refractivity contribution in [2.75, 3.05) is 26.7 Å². The molecule has 1 aromatic carbocycles. The van der Waals surface area contributed by atoms with Crippen LogP contribution in [0.1, 0.15) is 31.0 Å². The summed E-state index contributed by atoms with van der Waals surface area (Å²) in [6.45, 7) is 3.15.